The van der Waals surface area contributed by atoms with Crippen LogP contribution in [0.2, 0.25) is 0 Å². The Labute approximate surface area is 162 Å². The molecule has 0 radical (unpaired) electrons. The quantitative estimate of drug-likeness (QED) is 0.562. The number of rotatable bonds is 6. The number of aliphatic hydroxyl groups is 1. The van der Waals surface area contributed by atoms with E-state index >= 15 is 0 Å². The fourth-order valence-electron chi connectivity index (χ4n) is 3.89. The molecule has 0 aliphatic rings. The topological polar surface area (TPSA) is 33.1 Å². The number of hydrogen-bond acceptors (Lipinski definition) is 2. The van der Waals surface area contributed by atoms with E-state index in [0.29, 0.717) is 0 Å². The number of aromatic nitrogens is 1. The van der Waals surface area contributed by atoms with Crippen LogP contribution in [0.3, 0.4) is 0 Å². The smallest absolute Gasteiger partial charge is 0.0847 e. The predicted molar refractivity (Wildman–Crippen MR) is 115 cm³/mol. The standard InChI is InChI=1S/C25H29NO/c1-5-14-25(3,4)24(27)22(16-19-9-8-15-26-17-19)23-18(2)12-13-20-10-6-7-11-21(20)23/h6-13,15-17,24,27H,5,14H2,1-4H3/b22-16+. The van der Waals surface area contributed by atoms with Crippen molar-refractivity contribution < 1.29 is 5.11 Å². The zero-order valence-electron chi connectivity index (χ0n) is 16.7. The van der Waals surface area contributed by atoms with Crippen LogP contribution < -0.4 is 0 Å². The van der Waals surface area contributed by atoms with Crippen LogP contribution in [0.1, 0.15) is 50.3 Å². The van der Waals surface area contributed by atoms with Gasteiger partial charge in [-0.15, -0.1) is 0 Å². The third kappa shape index (κ3) is 4.12. The highest BCUT2D eigenvalue weighted by Gasteiger charge is 2.31. The normalized spacial score (nSPS) is 13.7. The molecule has 1 unspecified atom stereocenters. The Morgan fingerprint density at radius 2 is 1.89 bits per heavy atom. The van der Waals surface area contributed by atoms with Crippen molar-refractivity contribution in [1.82, 2.24) is 4.98 Å². The van der Waals surface area contributed by atoms with E-state index < -0.39 is 6.10 Å². The summed E-state index contributed by atoms with van der Waals surface area (Å²) in [5, 5.41) is 13.8. The van der Waals surface area contributed by atoms with Crippen LogP contribution in [0.15, 0.2) is 60.9 Å². The molecule has 1 N–H and O–H groups in total. The molecule has 1 aromatic heterocycles. The number of hydrogen-bond donors (Lipinski definition) is 1. The highest BCUT2D eigenvalue weighted by atomic mass is 16.3. The summed E-state index contributed by atoms with van der Waals surface area (Å²) in [6, 6.07) is 16.7. The second-order valence-corrected chi connectivity index (χ2v) is 8.01. The lowest BCUT2D eigenvalue weighted by molar-refractivity contribution is 0.0915. The van der Waals surface area contributed by atoms with Crippen molar-refractivity contribution in [3.05, 3.63) is 77.6 Å². The van der Waals surface area contributed by atoms with Crippen LogP contribution in [0, 0.1) is 12.3 Å². The molecule has 3 rings (SSSR count). The molecule has 0 bridgehead atoms. The van der Waals surface area contributed by atoms with Gasteiger partial charge >= 0.3 is 0 Å². The third-order valence-corrected chi connectivity index (χ3v) is 5.36. The molecule has 2 heteroatoms. The largest absolute Gasteiger partial charge is 0.388 e. The summed E-state index contributed by atoms with van der Waals surface area (Å²) in [6.45, 7) is 8.60. The van der Waals surface area contributed by atoms with E-state index in [4.69, 9.17) is 0 Å². The molecule has 27 heavy (non-hydrogen) atoms. The van der Waals surface area contributed by atoms with Crippen LogP contribution in [0.25, 0.3) is 22.4 Å². The van der Waals surface area contributed by atoms with Gasteiger partial charge in [0, 0.05) is 12.4 Å². The molecule has 0 spiro atoms. The second kappa shape index (κ2) is 8.06. The van der Waals surface area contributed by atoms with Crippen LogP contribution in [0.4, 0.5) is 0 Å². The summed E-state index contributed by atoms with van der Waals surface area (Å²) < 4.78 is 0. The van der Waals surface area contributed by atoms with Gasteiger partial charge in [-0.3, -0.25) is 4.98 Å². The molecule has 0 saturated heterocycles. The molecule has 1 heterocycles. The van der Waals surface area contributed by atoms with Gasteiger partial charge < -0.3 is 5.11 Å². The van der Waals surface area contributed by atoms with Gasteiger partial charge in [-0.05, 0) is 63.9 Å². The lowest BCUT2D eigenvalue weighted by Crippen LogP contribution is -2.30. The van der Waals surface area contributed by atoms with Crippen LogP contribution in [-0.4, -0.2) is 16.2 Å². The molecule has 3 aromatic rings. The zero-order chi connectivity index (χ0) is 19.4. The van der Waals surface area contributed by atoms with Crippen LogP contribution in [0.5, 0.6) is 0 Å². The molecule has 0 aliphatic carbocycles. The van der Waals surface area contributed by atoms with Gasteiger partial charge in [0.1, 0.15) is 0 Å². The second-order valence-electron chi connectivity index (χ2n) is 8.01. The van der Waals surface area contributed by atoms with Crippen molar-refractivity contribution in [1.29, 1.82) is 0 Å². The minimum absolute atomic E-state index is 0.216. The van der Waals surface area contributed by atoms with Gasteiger partial charge in [0.15, 0.2) is 0 Å². The predicted octanol–water partition coefficient (Wildman–Crippen LogP) is 6.27. The maximum absolute atomic E-state index is 11.5. The average molecular weight is 360 g/mol. The number of aryl methyl sites for hydroxylation is 1. The maximum Gasteiger partial charge on any atom is 0.0847 e. The van der Waals surface area contributed by atoms with E-state index in [9.17, 15) is 5.11 Å². The van der Waals surface area contributed by atoms with Crippen LogP contribution >= 0.6 is 0 Å². The Morgan fingerprint density at radius 3 is 2.59 bits per heavy atom. The van der Waals surface area contributed by atoms with Crippen molar-refractivity contribution in [2.24, 2.45) is 5.41 Å². The van der Waals surface area contributed by atoms with Gasteiger partial charge in [-0.1, -0.05) is 69.7 Å². The van der Waals surface area contributed by atoms with Crippen molar-refractivity contribution >= 4 is 22.4 Å². The van der Waals surface area contributed by atoms with Gasteiger partial charge in [-0.2, -0.15) is 0 Å². The molecule has 0 fully saturated rings. The molecule has 2 nitrogen and oxygen atoms in total. The Morgan fingerprint density at radius 1 is 1.11 bits per heavy atom. The third-order valence-electron chi connectivity index (χ3n) is 5.36. The molecule has 1 atom stereocenters. The minimum atomic E-state index is -0.567. The SMILES string of the molecule is CCCC(C)(C)C(O)/C(=C/c1cccnc1)c1c(C)ccc2ccccc12. The van der Waals surface area contributed by atoms with Gasteiger partial charge in [0.05, 0.1) is 6.10 Å². The fourth-order valence-corrected chi connectivity index (χ4v) is 3.89. The highest BCUT2D eigenvalue weighted by Crippen LogP contribution is 2.39. The Kier molecular flexibility index (Phi) is 5.76. The van der Waals surface area contributed by atoms with Gasteiger partial charge in [-0.25, -0.2) is 0 Å². The molecule has 0 amide bonds. The minimum Gasteiger partial charge on any atom is -0.388 e. The van der Waals surface area contributed by atoms with E-state index in [1.165, 1.54) is 16.3 Å². The first-order valence-electron chi connectivity index (χ1n) is 9.72. The summed E-state index contributed by atoms with van der Waals surface area (Å²) >= 11 is 0. The van der Waals surface area contributed by atoms with E-state index in [0.717, 1.165) is 29.5 Å². The molecule has 0 aliphatic heterocycles. The first kappa shape index (κ1) is 19.3. The summed E-state index contributed by atoms with van der Waals surface area (Å²) in [6.07, 6.45) is 7.16. The Hall–Kier alpha value is -2.45. The number of pyridine rings is 1. The van der Waals surface area contributed by atoms with Crippen molar-refractivity contribution in [2.45, 2.75) is 46.6 Å². The summed E-state index contributed by atoms with van der Waals surface area (Å²) in [5.74, 6) is 0. The van der Waals surface area contributed by atoms with Crippen LogP contribution in [-0.2, 0) is 0 Å². The number of aliphatic hydroxyl groups excluding tert-OH is 1. The number of nitrogens with zero attached hydrogens (tertiary/aromatic N) is 1. The lowest BCUT2D eigenvalue weighted by Gasteiger charge is -2.33. The van der Waals surface area contributed by atoms with Crippen molar-refractivity contribution in [3.63, 3.8) is 0 Å². The fraction of sp³-hybridized carbons (Fsp3) is 0.320. The van der Waals surface area contributed by atoms with Crippen molar-refractivity contribution in [3.8, 4) is 0 Å². The van der Waals surface area contributed by atoms with E-state index in [-0.39, 0.29) is 5.41 Å². The molecular formula is C25H29NO. The highest BCUT2D eigenvalue weighted by molar-refractivity contribution is 6.00. The average Bonchev–Trinajstić information content (AvgIpc) is 2.67. The summed E-state index contributed by atoms with van der Waals surface area (Å²) in [7, 11) is 0. The molecule has 0 saturated carbocycles. The summed E-state index contributed by atoms with van der Waals surface area (Å²) in [5.41, 5.74) is 4.07. The Balaban J connectivity index is 2.26. The van der Waals surface area contributed by atoms with E-state index in [2.05, 4.69) is 75.2 Å². The van der Waals surface area contributed by atoms with Gasteiger partial charge in [0.25, 0.3) is 0 Å². The van der Waals surface area contributed by atoms with E-state index in [1.807, 2.05) is 18.3 Å². The first-order chi connectivity index (χ1) is 12.9. The first-order valence-corrected chi connectivity index (χ1v) is 9.72. The molecular weight excluding hydrogens is 330 g/mol. The molecule has 140 valence electrons. The van der Waals surface area contributed by atoms with E-state index in [1.54, 1.807) is 6.20 Å². The van der Waals surface area contributed by atoms with Gasteiger partial charge in [0.2, 0.25) is 0 Å². The van der Waals surface area contributed by atoms with Crippen molar-refractivity contribution in [2.75, 3.05) is 0 Å². The maximum atomic E-state index is 11.5. The lowest BCUT2D eigenvalue weighted by atomic mass is 9.75. The monoisotopic (exact) mass is 359 g/mol. The number of fused-ring (bicyclic) bond motifs is 1. The number of benzene rings is 2. The zero-order valence-corrected chi connectivity index (χ0v) is 16.7. The summed E-state index contributed by atoms with van der Waals surface area (Å²) in [4.78, 5) is 4.25. The molecule has 2 aromatic carbocycles. The Bertz CT molecular complexity index is 941.